The molecule has 1 aliphatic carbocycles. The summed E-state index contributed by atoms with van der Waals surface area (Å²) >= 11 is 0. The predicted molar refractivity (Wildman–Crippen MR) is 113 cm³/mol. The third kappa shape index (κ3) is 4.61. The van der Waals surface area contributed by atoms with E-state index in [9.17, 15) is 18.0 Å². The average Bonchev–Trinajstić information content (AvgIpc) is 2.73. The van der Waals surface area contributed by atoms with Crippen molar-refractivity contribution in [3.05, 3.63) is 27.4 Å². The van der Waals surface area contributed by atoms with Crippen LogP contribution in [0.5, 0.6) is 0 Å². The van der Waals surface area contributed by atoms with E-state index in [0.29, 0.717) is 48.9 Å². The monoisotopic (exact) mass is 436 g/mol. The summed E-state index contributed by atoms with van der Waals surface area (Å²) in [5.41, 5.74) is 0.888. The van der Waals surface area contributed by atoms with Crippen molar-refractivity contribution in [3.8, 4) is 0 Å². The van der Waals surface area contributed by atoms with Crippen LogP contribution < -0.4 is 5.56 Å². The van der Waals surface area contributed by atoms with Crippen LogP contribution in [0.4, 0.5) is 0 Å². The molecule has 9 heteroatoms. The standard InChI is InChI=1S/C21H32N4O4S/c1-30(28,29)24-12-10-16-17(14-24)22-20(23-21(16)27)18-9-5-6-11-25(18)19(26)13-15-7-3-2-4-8-15/h15,18H,2-14H2,1H3,(H,22,23,27)/t18-/m1/s1. The summed E-state index contributed by atoms with van der Waals surface area (Å²) in [6.45, 7) is 1.10. The largest absolute Gasteiger partial charge is 0.333 e. The molecule has 1 saturated carbocycles. The molecular weight excluding hydrogens is 404 g/mol. The maximum Gasteiger partial charge on any atom is 0.254 e. The molecule has 0 aromatic carbocycles. The fraction of sp³-hybridized carbons (Fsp3) is 0.762. The summed E-state index contributed by atoms with van der Waals surface area (Å²) in [4.78, 5) is 35.3. The van der Waals surface area contributed by atoms with E-state index in [1.54, 1.807) is 0 Å². The van der Waals surface area contributed by atoms with Crippen molar-refractivity contribution in [1.29, 1.82) is 0 Å². The highest BCUT2D eigenvalue weighted by Gasteiger charge is 2.33. The van der Waals surface area contributed by atoms with E-state index in [0.717, 1.165) is 32.1 Å². The second kappa shape index (κ2) is 8.78. The molecule has 0 unspecified atom stereocenters. The number of rotatable bonds is 4. The summed E-state index contributed by atoms with van der Waals surface area (Å²) < 4.78 is 25.3. The first-order valence-electron chi connectivity index (χ1n) is 11.2. The van der Waals surface area contributed by atoms with Gasteiger partial charge in [0.15, 0.2) is 0 Å². The van der Waals surface area contributed by atoms with Crippen LogP contribution in [0.2, 0.25) is 0 Å². The van der Waals surface area contributed by atoms with Crippen LogP contribution in [0, 0.1) is 5.92 Å². The lowest BCUT2D eigenvalue weighted by atomic mass is 9.86. The van der Waals surface area contributed by atoms with Crippen LogP contribution in [-0.4, -0.2) is 52.8 Å². The van der Waals surface area contributed by atoms with E-state index in [-0.39, 0.29) is 24.1 Å². The summed E-state index contributed by atoms with van der Waals surface area (Å²) in [6, 6.07) is -0.235. The van der Waals surface area contributed by atoms with Gasteiger partial charge in [0, 0.05) is 25.1 Å². The van der Waals surface area contributed by atoms with Crippen LogP contribution >= 0.6 is 0 Å². The van der Waals surface area contributed by atoms with Gasteiger partial charge in [-0.2, -0.15) is 4.31 Å². The molecule has 8 nitrogen and oxygen atoms in total. The first-order chi connectivity index (χ1) is 14.3. The molecule has 1 saturated heterocycles. The normalized spacial score (nSPS) is 23.9. The lowest BCUT2D eigenvalue weighted by Gasteiger charge is -2.37. The number of hydrogen-bond acceptors (Lipinski definition) is 5. The van der Waals surface area contributed by atoms with Crippen LogP contribution in [0.25, 0.3) is 0 Å². The number of amides is 1. The number of fused-ring (bicyclic) bond motifs is 1. The minimum absolute atomic E-state index is 0.119. The highest BCUT2D eigenvalue weighted by atomic mass is 32.2. The van der Waals surface area contributed by atoms with Crippen molar-refractivity contribution in [3.63, 3.8) is 0 Å². The number of likely N-dealkylation sites (tertiary alicyclic amines) is 1. The van der Waals surface area contributed by atoms with Gasteiger partial charge in [-0.1, -0.05) is 19.3 Å². The van der Waals surface area contributed by atoms with Crippen molar-refractivity contribution < 1.29 is 13.2 Å². The van der Waals surface area contributed by atoms with Crippen molar-refractivity contribution in [2.24, 2.45) is 5.92 Å². The van der Waals surface area contributed by atoms with Crippen molar-refractivity contribution in [2.45, 2.75) is 76.8 Å². The molecule has 30 heavy (non-hydrogen) atoms. The quantitative estimate of drug-likeness (QED) is 0.779. The summed E-state index contributed by atoms with van der Waals surface area (Å²) in [5.74, 6) is 1.13. The minimum Gasteiger partial charge on any atom is -0.333 e. The fourth-order valence-electron chi connectivity index (χ4n) is 5.15. The van der Waals surface area contributed by atoms with Crippen LogP contribution in [-0.2, 0) is 27.8 Å². The number of carbonyl (C=O) groups excluding carboxylic acids is 1. The summed E-state index contributed by atoms with van der Waals surface area (Å²) in [7, 11) is -3.34. The van der Waals surface area contributed by atoms with Crippen LogP contribution in [0.15, 0.2) is 4.79 Å². The van der Waals surface area contributed by atoms with Crippen LogP contribution in [0.1, 0.15) is 80.9 Å². The first kappa shape index (κ1) is 21.5. The van der Waals surface area contributed by atoms with E-state index in [4.69, 9.17) is 0 Å². The van der Waals surface area contributed by atoms with Gasteiger partial charge in [-0.3, -0.25) is 9.59 Å². The van der Waals surface area contributed by atoms with Crippen LogP contribution in [0.3, 0.4) is 0 Å². The molecule has 166 valence electrons. The van der Waals surface area contributed by atoms with E-state index >= 15 is 0 Å². The Bertz CT molecular complexity index is 952. The maximum absolute atomic E-state index is 13.1. The Morgan fingerprint density at radius 1 is 1.10 bits per heavy atom. The highest BCUT2D eigenvalue weighted by molar-refractivity contribution is 7.88. The zero-order chi connectivity index (χ0) is 21.3. The van der Waals surface area contributed by atoms with Crippen molar-refractivity contribution in [1.82, 2.24) is 19.2 Å². The lowest BCUT2D eigenvalue weighted by molar-refractivity contribution is -0.136. The molecule has 1 aromatic rings. The second-order valence-electron chi connectivity index (χ2n) is 9.03. The number of hydrogen-bond donors (Lipinski definition) is 1. The molecule has 3 heterocycles. The Kier molecular flexibility index (Phi) is 6.29. The maximum atomic E-state index is 13.1. The average molecular weight is 437 g/mol. The van der Waals surface area contributed by atoms with E-state index in [2.05, 4.69) is 9.97 Å². The van der Waals surface area contributed by atoms with Gasteiger partial charge in [-0.15, -0.1) is 0 Å². The Labute approximate surface area is 178 Å². The Hall–Kier alpha value is -1.74. The van der Waals surface area contributed by atoms with E-state index < -0.39 is 10.0 Å². The highest BCUT2D eigenvalue weighted by Crippen LogP contribution is 2.33. The van der Waals surface area contributed by atoms with Gasteiger partial charge in [0.25, 0.3) is 5.56 Å². The fourth-order valence-corrected chi connectivity index (χ4v) is 5.93. The second-order valence-corrected chi connectivity index (χ2v) is 11.0. The van der Waals surface area contributed by atoms with Gasteiger partial charge in [0.05, 0.1) is 24.5 Å². The number of piperidine rings is 1. The molecule has 0 spiro atoms. The zero-order valence-corrected chi connectivity index (χ0v) is 18.5. The molecule has 1 amide bonds. The van der Waals surface area contributed by atoms with Gasteiger partial charge < -0.3 is 9.88 Å². The molecule has 1 aromatic heterocycles. The van der Waals surface area contributed by atoms with Gasteiger partial charge >= 0.3 is 0 Å². The Morgan fingerprint density at radius 3 is 2.57 bits per heavy atom. The lowest BCUT2D eigenvalue weighted by Crippen LogP contribution is -2.42. The molecule has 2 aliphatic heterocycles. The molecular formula is C21H32N4O4S. The number of sulfonamides is 1. The topological polar surface area (TPSA) is 103 Å². The van der Waals surface area contributed by atoms with E-state index in [1.165, 1.54) is 29.8 Å². The van der Waals surface area contributed by atoms with Gasteiger partial charge in [0.2, 0.25) is 15.9 Å². The number of nitrogens with zero attached hydrogens (tertiary/aromatic N) is 3. The number of aromatic nitrogens is 2. The number of carbonyl (C=O) groups is 1. The number of nitrogens with one attached hydrogen (secondary N) is 1. The Balaban J connectivity index is 1.57. The third-order valence-electron chi connectivity index (χ3n) is 6.85. The molecule has 0 radical (unpaired) electrons. The summed E-state index contributed by atoms with van der Waals surface area (Å²) in [6.07, 6.45) is 10.8. The first-order valence-corrected chi connectivity index (χ1v) is 13.0. The molecule has 1 atom stereocenters. The number of aromatic amines is 1. The predicted octanol–water partition coefficient (Wildman–Crippen LogP) is 2.11. The number of H-pyrrole nitrogens is 1. The van der Waals surface area contributed by atoms with Crippen molar-refractivity contribution >= 4 is 15.9 Å². The van der Waals surface area contributed by atoms with E-state index in [1.807, 2.05) is 4.90 Å². The van der Waals surface area contributed by atoms with Gasteiger partial charge in [0.1, 0.15) is 5.82 Å². The third-order valence-corrected chi connectivity index (χ3v) is 8.10. The minimum atomic E-state index is -3.34. The SMILES string of the molecule is CS(=O)(=O)N1CCc2c(nc([C@H]3CCCCN3C(=O)CC3CCCCC3)[nH]c2=O)C1. The van der Waals surface area contributed by atoms with Gasteiger partial charge in [-0.05, 0) is 44.4 Å². The molecule has 0 bridgehead atoms. The van der Waals surface area contributed by atoms with Gasteiger partial charge in [-0.25, -0.2) is 13.4 Å². The summed E-state index contributed by atoms with van der Waals surface area (Å²) in [5, 5.41) is 0. The Morgan fingerprint density at radius 2 is 1.83 bits per heavy atom. The van der Waals surface area contributed by atoms with Crippen molar-refractivity contribution in [2.75, 3.05) is 19.3 Å². The smallest absolute Gasteiger partial charge is 0.254 e. The molecule has 4 rings (SSSR count). The molecule has 3 aliphatic rings. The zero-order valence-electron chi connectivity index (χ0n) is 17.7. The molecule has 1 N–H and O–H groups in total. The molecule has 2 fully saturated rings.